The normalized spacial score (nSPS) is 10.8. The Morgan fingerprint density at radius 2 is 2.04 bits per heavy atom. The number of rotatable bonds is 3. The van der Waals surface area contributed by atoms with Crippen molar-refractivity contribution < 1.29 is 9.18 Å². The molecule has 0 aliphatic carbocycles. The highest BCUT2D eigenvalue weighted by atomic mass is 79.9. The van der Waals surface area contributed by atoms with Crippen molar-refractivity contribution in [1.82, 2.24) is 14.9 Å². The highest BCUT2D eigenvalue weighted by Crippen LogP contribution is 2.20. The van der Waals surface area contributed by atoms with Crippen molar-refractivity contribution in [2.75, 3.05) is 7.05 Å². The third kappa shape index (κ3) is 3.21. The van der Waals surface area contributed by atoms with Gasteiger partial charge in [0, 0.05) is 11.5 Å². The molecule has 0 saturated carbocycles. The smallest absolute Gasteiger partial charge is 0.258 e. The second kappa shape index (κ2) is 6.52. The number of amides is 1. The molecule has 24 heavy (non-hydrogen) atoms. The molecule has 7 heteroatoms. The van der Waals surface area contributed by atoms with Crippen LogP contribution in [0.5, 0.6) is 0 Å². The van der Waals surface area contributed by atoms with Crippen molar-refractivity contribution in [1.29, 1.82) is 0 Å². The summed E-state index contributed by atoms with van der Waals surface area (Å²) in [6.45, 7) is 0.0991. The molecule has 3 rings (SSSR count). The van der Waals surface area contributed by atoms with E-state index in [9.17, 15) is 14.0 Å². The summed E-state index contributed by atoms with van der Waals surface area (Å²) in [7, 11) is 1.56. The van der Waals surface area contributed by atoms with E-state index in [0.29, 0.717) is 21.2 Å². The highest BCUT2D eigenvalue weighted by molar-refractivity contribution is 9.10. The number of hydrogen-bond donors (Lipinski definition) is 1. The van der Waals surface area contributed by atoms with Crippen molar-refractivity contribution >= 4 is 32.7 Å². The number of hydrogen-bond acceptors (Lipinski definition) is 3. The van der Waals surface area contributed by atoms with Gasteiger partial charge in [-0.15, -0.1) is 0 Å². The number of benzene rings is 2. The van der Waals surface area contributed by atoms with Crippen LogP contribution in [-0.2, 0) is 6.54 Å². The molecule has 0 spiro atoms. The number of aromatic amines is 1. The van der Waals surface area contributed by atoms with E-state index >= 15 is 0 Å². The predicted octanol–water partition coefficient (Wildman–Crippen LogP) is 3.10. The number of aromatic nitrogens is 2. The lowest BCUT2D eigenvalue weighted by Crippen LogP contribution is -2.28. The Morgan fingerprint density at radius 1 is 1.29 bits per heavy atom. The monoisotopic (exact) mass is 389 g/mol. The van der Waals surface area contributed by atoms with Crippen LogP contribution < -0.4 is 5.56 Å². The first kappa shape index (κ1) is 16.3. The van der Waals surface area contributed by atoms with Gasteiger partial charge in [0.25, 0.3) is 11.5 Å². The van der Waals surface area contributed by atoms with Crippen molar-refractivity contribution in [3.8, 4) is 0 Å². The summed E-state index contributed by atoms with van der Waals surface area (Å²) in [4.78, 5) is 32.9. The third-order valence-corrected chi connectivity index (χ3v) is 4.25. The average Bonchev–Trinajstić information content (AvgIpc) is 2.56. The van der Waals surface area contributed by atoms with Gasteiger partial charge in [0.1, 0.15) is 11.6 Å². The van der Waals surface area contributed by atoms with Gasteiger partial charge in [0.15, 0.2) is 0 Å². The number of H-pyrrole nitrogens is 1. The Morgan fingerprint density at radius 3 is 2.83 bits per heavy atom. The zero-order valence-corrected chi connectivity index (χ0v) is 14.3. The maximum absolute atomic E-state index is 13.4. The first-order chi connectivity index (χ1) is 11.5. The maximum Gasteiger partial charge on any atom is 0.258 e. The van der Waals surface area contributed by atoms with Crippen molar-refractivity contribution in [3.05, 3.63) is 74.5 Å². The zero-order chi connectivity index (χ0) is 17.3. The Labute approximate surface area is 145 Å². The number of fused-ring (bicyclic) bond motifs is 1. The van der Waals surface area contributed by atoms with Crippen molar-refractivity contribution in [2.45, 2.75) is 6.54 Å². The molecule has 1 N–H and O–H groups in total. The van der Waals surface area contributed by atoms with Crippen LogP contribution in [0, 0.1) is 5.82 Å². The maximum atomic E-state index is 13.4. The summed E-state index contributed by atoms with van der Waals surface area (Å²) in [6.07, 6.45) is 0. The molecule has 1 aromatic heterocycles. The number of para-hydroxylation sites is 1. The number of carbonyl (C=O) groups excluding carboxylic acids is 1. The summed E-state index contributed by atoms with van der Waals surface area (Å²) in [5.74, 6) is -0.508. The lowest BCUT2D eigenvalue weighted by Gasteiger charge is -2.17. The summed E-state index contributed by atoms with van der Waals surface area (Å²) in [6, 6.07) is 10.9. The summed E-state index contributed by atoms with van der Waals surface area (Å²) < 4.78 is 13.9. The molecule has 3 aromatic rings. The molecular weight excluding hydrogens is 377 g/mol. The predicted molar refractivity (Wildman–Crippen MR) is 92.3 cm³/mol. The lowest BCUT2D eigenvalue weighted by molar-refractivity contribution is 0.0780. The zero-order valence-electron chi connectivity index (χ0n) is 12.7. The third-order valence-electron chi connectivity index (χ3n) is 3.55. The molecule has 0 aliphatic heterocycles. The van der Waals surface area contributed by atoms with Gasteiger partial charge in [-0.25, -0.2) is 9.37 Å². The Balaban J connectivity index is 1.89. The Bertz CT molecular complexity index is 987. The van der Waals surface area contributed by atoms with Gasteiger partial charge >= 0.3 is 0 Å². The molecule has 0 atom stereocenters. The number of carbonyl (C=O) groups is 1. The summed E-state index contributed by atoms with van der Waals surface area (Å²) in [5, 5.41) is 0.489. The second-order valence-corrected chi connectivity index (χ2v) is 6.17. The molecule has 0 unspecified atom stereocenters. The average molecular weight is 390 g/mol. The lowest BCUT2D eigenvalue weighted by atomic mass is 10.2. The van der Waals surface area contributed by atoms with Crippen molar-refractivity contribution in [2.24, 2.45) is 0 Å². The minimum atomic E-state index is -0.493. The van der Waals surface area contributed by atoms with E-state index < -0.39 is 5.82 Å². The largest absolute Gasteiger partial charge is 0.334 e. The van der Waals surface area contributed by atoms with Gasteiger partial charge in [-0.1, -0.05) is 12.1 Å². The number of nitrogens with one attached hydrogen (secondary N) is 1. The van der Waals surface area contributed by atoms with Gasteiger partial charge < -0.3 is 9.88 Å². The van der Waals surface area contributed by atoms with Gasteiger partial charge in [-0.2, -0.15) is 0 Å². The van der Waals surface area contributed by atoms with Crippen LogP contribution >= 0.6 is 15.9 Å². The van der Waals surface area contributed by atoms with E-state index in [1.54, 1.807) is 31.3 Å². The minimum Gasteiger partial charge on any atom is -0.334 e. The van der Waals surface area contributed by atoms with E-state index in [2.05, 4.69) is 25.9 Å². The van der Waals surface area contributed by atoms with Crippen LogP contribution in [0.4, 0.5) is 4.39 Å². The van der Waals surface area contributed by atoms with Crippen LogP contribution in [0.1, 0.15) is 16.2 Å². The topological polar surface area (TPSA) is 66.1 Å². The molecule has 0 fully saturated rings. The number of nitrogens with zero attached hydrogens (tertiary/aromatic N) is 2. The standard InChI is InChI=1S/C17H13BrFN3O2/c1-22(17(24)12-8-10(19)6-7-13(12)18)9-15-20-14-5-3-2-4-11(14)16(23)21-15/h2-8H,9H2,1H3,(H,20,21,23). The summed E-state index contributed by atoms with van der Waals surface area (Å²) >= 11 is 3.24. The van der Waals surface area contributed by atoms with E-state index in [0.717, 1.165) is 0 Å². The fourth-order valence-corrected chi connectivity index (χ4v) is 2.79. The van der Waals surface area contributed by atoms with E-state index in [1.807, 2.05) is 0 Å². The van der Waals surface area contributed by atoms with E-state index in [1.165, 1.54) is 23.1 Å². The molecule has 5 nitrogen and oxygen atoms in total. The molecule has 0 saturated heterocycles. The van der Waals surface area contributed by atoms with Gasteiger partial charge in [-0.3, -0.25) is 9.59 Å². The van der Waals surface area contributed by atoms with Crippen molar-refractivity contribution in [3.63, 3.8) is 0 Å². The molecule has 1 amide bonds. The minimum absolute atomic E-state index is 0.0991. The molecule has 0 radical (unpaired) electrons. The molecule has 122 valence electrons. The first-order valence-corrected chi connectivity index (χ1v) is 7.93. The van der Waals surface area contributed by atoms with Gasteiger partial charge in [0.2, 0.25) is 0 Å². The highest BCUT2D eigenvalue weighted by Gasteiger charge is 2.17. The van der Waals surface area contributed by atoms with Crippen LogP contribution in [0.15, 0.2) is 51.7 Å². The molecule has 2 aromatic carbocycles. The van der Waals surface area contributed by atoms with Crippen LogP contribution in [0.25, 0.3) is 10.9 Å². The van der Waals surface area contributed by atoms with Crippen LogP contribution in [-0.4, -0.2) is 27.8 Å². The van der Waals surface area contributed by atoms with Gasteiger partial charge in [0.05, 0.1) is 23.0 Å². The first-order valence-electron chi connectivity index (χ1n) is 7.14. The fourth-order valence-electron chi connectivity index (χ4n) is 2.37. The van der Waals surface area contributed by atoms with Gasteiger partial charge in [-0.05, 0) is 46.3 Å². The molecule has 0 bridgehead atoms. The molecule has 1 heterocycles. The Hall–Kier alpha value is -2.54. The van der Waals surface area contributed by atoms with Crippen LogP contribution in [0.3, 0.4) is 0 Å². The Kier molecular flexibility index (Phi) is 4.44. The number of halogens is 2. The summed E-state index contributed by atoms with van der Waals surface area (Å²) in [5.41, 5.74) is 0.507. The quantitative estimate of drug-likeness (QED) is 0.748. The SMILES string of the molecule is CN(Cc1nc2ccccc2c(=O)[nH]1)C(=O)c1cc(F)ccc1Br. The van der Waals surface area contributed by atoms with E-state index in [4.69, 9.17) is 0 Å². The fraction of sp³-hybridized carbons (Fsp3) is 0.118. The molecule has 0 aliphatic rings. The van der Waals surface area contributed by atoms with Crippen LogP contribution in [0.2, 0.25) is 0 Å². The molecular formula is C17H13BrFN3O2. The second-order valence-electron chi connectivity index (χ2n) is 5.32. The van der Waals surface area contributed by atoms with E-state index in [-0.39, 0.29) is 23.6 Å².